The first-order valence-corrected chi connectivity index (χ1v) is 24.2. The van der Waals surface area contributed by atoms with Crippen LogP contribution in [0.1, 0.15) is 141 Å². The first-order valence-electron chi connectivity index (χ1n) is 23.3. The van der Waals surface area contributed by atoms with E-state index in [-0.39, 0.29) is 27.1 Å². The lowest BCUT2D eigenvalue weighted by Crippen LogP contribution is -2.34. The minimum absolute atomic E-state index is 0.0360. The molecule has 0 bridgehead atoms. The van der Waals surface area contributed by atoms with Gasteiger partial charge in [0.15, 0.2) is 0 Å². The highest BCUT2D eigenvalue weighted by atomic mass is 32.1. The highest BCUT2D eigenvalue weighted by Crippen LogP contribution is 2.54. The van der Waals surface area contributed by atoms with Gasteiger partial charge in [0.2, 0.25) is 0 Å². The third kappa shape index (κ3) is 7.83. The molecule has 7 aromatic rings. The number of aryl methyl sites for hydroxylation is 2. The van der Waals surface area contributed by atoms with E-state index in [1.807, 2.05) is 11.3 Å². The second-order valence-corrected chi connectivity index (χ2v) is 23.6. The Labute approximate surface area is 383 Å². The summed E-state index contributed by atoms with van der Waals surface area (Å²) >= 11 is 1.83. The van der Waals surface area contributed by atoms with Gasteiger partial charge in [-0.3, -0.25) is 0 Å². The van der Waals surface area contributed by atoms with Crippen LogP contribution in [-0.2, 0) is 27.1 Å². The third-order valence-corrected chi connectivity index (χ3v) is 15.8. The predicted octanol–water partition coefficient (Wildman–Crippen LogP) is 18.1. The number of fused-ring (bicyclic) bond motifs is 3. The first kappa shape index (κ1) is 43.1. The number of nitrogens with zero attached hydrogens (tertiary/aromatic N) is 2. The van der Waals surface area contributed by atoms with Crippen molar-refractivity contribution in [3.63, 3.8) is 0 Å². The normalized spacial score (nSPS) is 17.2. The standard InChI is InChI=1S/C60H68N2S/c1-39-19-26-55-48(33-39)54(38-63-55)61(43-22-20-42(21-23-43)56(3,4)5)45-31-40(2)32-46(34-45)62(44-24-25-49-50(35-44)58(8,9)28-27-57(49,6)7)53-37-52-51(59(10,11)29-30-60(52,12)13)36-47(53)41-17-15-14-16-18-41/h14-26,31-38H,27-30H2,1-13H3. The Kier molecular flexibility index (Phi) is 10.5. The fourth-order valence-electron chi connectivity index (χ4n) is 10.6. The molecule has 0 saturated carbocycles. The van der Waals surface area contributed by atoms with Crippen molar-refractivity contribution in [3.05, 3.63) is 166 Å². The van der Waals surface area contributed by atoms with Gasteiger partial charge < -0.3 is 9.80 Å². The average molecular weight is 849 g/mol. The highest BCUT2D eigenvalue weighted by Gasteiger charge is 2.40. The first-order chi connectivity index (χ1) is 29.6. The van der Waals surface area contributed by atoms with Crippen molar-refractivity contribution in [2.24, 2.45) is 0 Å². The van der Waals surface area contributed by atoms with E-state index in [1.54, 1.807) is 0 Å². The lowest BCUT2D eigenvalue weighted by molar-refractivity contribution is 0.332. The molecule has 1 heterocycles. The summed E-state index contributed by atoms with van der Waals surface area (Å²) in [6.07, 6.45) is 4.68. The number of rotatable bonds is 7. The molecule has 63 heavy (non-hydrogen) atoms. The van der Waals surface area contributed by atoms with Crippen molar-refractivity contribution in [2.75, 3.05) is 9.80 Å². The fourth-order valence-corrected chi connectivity index (χ4v) is 11.5. The maximum Gasteiger partial charge on any atom is 0.0647 e. The van der Waals surface area contributed by atoms with Crippen LogP contribution in [0.25, 0.3) is 21.2 Å². The molecule has 0 radical (unpaired) electrons. The van der Waals surface area contributed by atoms with E-state index < -0.39 is 0 Å². The van der Waals surface area contributed by atoms with Crippen molar-refractivity contribution in [3.8, 4) is 11.1 Å². The van der Waals surface area contributed by atoms with Crippen molar-refractivity contribution in [1.29, 1.82) is 0 Å². The molecule has 2 nitrogen and oxygen atoms in total. The van der Waals surface area contributed by atoms with Crippen LogP contribution in [0.4, 0.5) is 34.1 Å². The van der Waals surface area contributed by atoms with Gasteiger partial charge in [0, 0.05) is 43.8 Å². The van der Waals surface area contributed by atoms with Crippen molar-refractivity contribution in [2.45, 2.75) is 143 Å². The molecule has 0 unspecified atom stereocenters. The molecular formula is C60H68N2S. The summed E-state index contributed by atoms with van der Waals surface area (Å²) in [6.45, 7) is 31.0. The second kappa shape index (κ2) is 15.3. The number of benzene rings is 6. The van der Waals surface area contributed by atoms with Gasteiger partial charge >= 0.3 is 0 Å². The monoisotopic (exact) mass is 849 g/mol. The molecule has 2 aliphatic rings. The molecule has 324 valence electrons. The topological polar surface area (TPSA) is 6.48 Å². The van der Waals surface area contributed by atoms with Crippen LogP contribution in [0, 0.1) is 13.8 Å². The highest BCUT2D eigenvalue weighted by molar-refractivity contribution is 7.17. The zero-order valence-electron chi connectivity index (χ0n) is 40.3. The molecule has 0 atom stereocenters. The largest absolute Gasteiger partial charge is 0.310 e. The summed E-state index contributed by atoms with van der Waals surface area (Å²) in [4.78, 5) is 5.13. The van der Waals surface area contributed by atoms with Gasteiger partial charge in [-0.05, 0) is 172 Å². The maximum absolute atomic E-state index is 2.62. The number of hydrogen-bond donors (Lipinski definition) is 0. The zero-order chi connectivity index (χ0) is 44.9. The van der Waals surface area contributed by atoms with Gasteiger partial charge in [-0.25, -0.2) is 0 Å². The van der Waals surface area contributed by atoms with Crippen molar-refractivity contribution in [1.82, 2.24) is 0 Å². The molecule has 0 fully saturated rings. The number of anilines is 6. The van der Waals surface area contributed by atoms with Gasteiger partial charge in [-0.1, -0.05) is 136 Å². The maximum atomic E-state index is 2.62. The Morgan fingerprint density at radius 1 is 0.460 bits per heavy atom. The molecule has 9 rings (SSSR count). The lowest BCUT2D eigenvalue weighted by Gasteiger charge is -2.44. The molecule has 0 saturated heterocycles. The minimum atomic E-state index is 0.0360. The zero-order valence-corrected chi connectivity index (χ0v) is 41.1. The second-order valence-electron chi connectivity index (χ2n) is 22.7. The van der Waals surface area contributed by atoms with Crippen LogP contribution in [-0.4, -0.2) is 0 Å². The van der Waals surface area contributed by atoms with Gasteiger partial charge in [0.05, 0.1) is 11.4 Å². The Balaban J connectivity index is 1.35. The summed E-state index contributed by atoms with van der Waals surface area (Å²) in [5.74, 6) is 0. The Morgan fingerprint density at radius 3 is 1.60 bits per heavy atom. The fraction of sp³-hybridized carbons (Fsp3) is 0.367. The number of hydrogen-bond acceptors (Lipinski definition) is 3. The summed E-state index contributed by atoms with van der Waals surface area (Å²) in [5, 5.41) is 3.64. The Morgan fingerprint density at radius 2 is 1.00 bits per heavy atom. The molecule has 0 spiro atoms. The molecule has 0 N–H and O–H groups in total. The molecule has 6 aromatic carbocycles. The minimum Gasteiger partial charge on any atom is -0.310 e. The van der Waals surface area contributed by atoms with E-state index >= 15 is 0 Å². The van der Waals surface area contributed by atoms with Gasteiger partial charge in [-0.2, -0.15) is 0 Å². The average Bonchev–Trinajstić information content (AvgIpc) is 3.64. The van der Waals surface area contributed by atoms with E-state index in [1.165, 1.54) is 96.5 Å². The van der Waals surface area contributed by atoms with E-state index in [0.29, 0.717) is 0 Å². The van der Waals surface area contributed by atoms with Crippen LogP contribution in [0.15, 0.2) is 127 Å². The molecule has 3 heteroatoms. The van der Waals surface area contributed by atoms with Crippen LogP contribution in [0.3, 0.4) is 0 Å². The Hall–Kier alpha value is -5.12. The van der Waals surface area contributed by atoms with Gasteiger partial charge in [-0.15, -0.1) is 11.3 Å². The molecular weight excluding hydrogens is 781 g/mol. The molecule has 0 aliphatic heterocycles. The summed E-state index contributed by atoms with van der Waals surface area (Å²) in [7, 11) is 0. The molecule has 1 aromatic heterocycles. The van der Waals surface area contributed by atoms with Crippen molar-refractivity contribution < 1.29 is 0 Å². The predicted molar refractivity (Wildman–Crippen MR) is 275 cm³/mol. The summed E-state index contributed by atoms with van der Waals surface area (Å²) < 4.78 is 1.30. The third-order valence-electron chi connectivity index (χ3n) is 14.9. The van der Waals surface area contributed by atoms with Crippen LogP contribution in [0.5, 0.6) is 0 Å². The van der Waals surface area contributed by atoms with E-state index in [2.05, 4.69) is 227 Å². The van der Waals surface area contributed by atoms with Gasteiger partial charge in [0.25, 0.3) is 0 Å². The molecule has 0 amide bonds. The van der Waals surface area contributed by atoms with Crippen LogP contribution >= 0.6 is 11.3 Å². The van der Waals surface area contributed by atoms with E-state index in [0.717, 1.165) is 23.5 Å². The Bertz CT molecular complexity index is 2840. The summed E-state index contributed by atoms with van der Waals surface area (Å²) in [6, 6.07) is 47.2. The lowest BCUT2D eigenvalue weighted by atomic mass is 9.62. The molecule has 2 aliphatic carbocycles. The van der Waals surface area contributed by atoms with Crippen LogP contribution < -0.4 is 9.80 Å². The quantitative estimate of drug-likeness (QED) is 0.158. The van der Waals surface area contributed by atoms with Crippen molar-refractivity contribution >= 4 is 55.5 Å². The van der Waals surface area contributed by atoms with E-state index in [9.17, 15) is 0 Å². The van der Waals surface area contributed by atoms with Crippen LogP contribution in [0.2, 0.25) is 0 Å². The smallest absolute Gasteiger partial charge is 0.0647 e. The summed E-state index contributed by atoms with van der Waals surface area (Å²) in [5.41, 5.74) is 19.7. The SMILES string of the molecule is Cc1cc(N(c2ccc3c(c2)C(C)(C)CCC3(C)C)c2cc3c(cc2-c2ccccc2)C(C)(C)CCC3(C)C)cc(N(c2ccc(C(C)(C)C)cc2)c2csc3ccc(C)cc23)c1. The van der Waals surface area contributed by atoms with E-state index in [4.69, 9.17) is 0 Å². The van der Waals surface area contributed by atoms with Gasteiger partial charge in [0.1, 0.15) is 0 Å². The number of thiophene rings is 1.